The van der Waals surface area contributed by atoms with E-state index in [9.17, 15) is 9.18 Å². The van der Waals surface area contributed by atoms with Crippen molar-refractivity contribution in [1.82, 2.24) is 25.3 Å². The van der Waals surface area contributed by atoms with Crippen LogP contribution < -0.4 is 5.32 Å². The highest BCUT2D eigenvalue weighted by Gasteiger charge is 2.07. The first kappa shape index (κ1) is 16.8. The smallest absolute Gasteiger partial charge is 0.220 e. The quantitative estimate of drug-likeness (QED) is 0.748. The molecule has 0 bridgehead atoms. The van der Waals surface area contributed by atoms with Gasteiger partial charge in [0.05, 0.1) is 18.4 Å². The Labute approximate surface area is 144 Å². The number of nitrogens with zero attached hydrogens (tertiary/aromatic N) is 4. The van der Waals surface area contributed by atoms with Crippen molar-refractivity contribution in [2.75, 3.05) is 0 Å². The summed E-state index contributed by atoms with van der Waals surface area (Å²) in [5.41, 5.74) is 3.05. The van der Waals surface area contributed by atoms with Gasteiger partial charge in [-0.25, -0.2) is 9.07 Å². The second-order valence-electron chi connectivity index (χ2n) is 5.72. The number of carbonyl (C=O) groups excluding carboxylic acids is 1. The number of benzene rings is 1. The molecule has 3 rings (SSSR count). The standard InChI is InChI=1S/C18H18FN5O/c1-13-10-14(2-4-17(13)19)3-5-18(25)21-11-15-12-24(23-22-15)16-6-8-20-9-7-16/h2,4,6-10,12H,3,5,11H2,1H3,(H,21,25). The fraction of sp³-hybridized carbons (Fsp3) is 0.222. The van der Waals surface area contributed by atoms with E-state index in [1.165, 1.54) is 6.07 Å². The Morgan fingerprint density at radius 1 is 1.24 bits per heavy atom. The van der Waals surface area contributed by atoms with Crippen LogP contribution in [0, 0.1) is 12.7 Å². The first-order valence-electron chi connectivity index (χ1n) is 7.95. The summed E-state index contributed by atoms with van der Waals surface area (Å²) in [5.74, 6) is -0.314. The van der Waals surface area contributed by atoms with Crippen LogP contribution in [0.15, 0.2) is 48.9 Å². The summed E-state index contributed by atoms with van der Waals surface area (Å²) in [6.07, 6.45) is 6.02. The summed E-state index contributed by atoms with van der Waals surface area (Å²) in [7, 11) is 0. The number of hydrogen-bond donors (Lipinski definition) is 1. The summed E-state index contributed by atoms with van der Waals surface area (Å²) < 4.78 is 14.9. The van der Waals surface area contributed by atoms with Crippen LogP contribution in [0.4, 0.5) is 4.39 Å². The minimum atomic E-state index is -0.231. The molecule has 1 amide bonds. The van der Waals surface area contributed by atoms with Gasteiger partial charge in [-0.1, -0.05) is 17.3 Å². The maximum atomic E-state index is 13.2. The van der Waals surface area contributed by atoms with E-state index in [4.69, 9.17) is 0 Å². The predicted octanol–water partition coefficient (Wildman–Crippen LogP) is 2.36. The summed E-state index contributed by atoms with van der Waals surface area (Å²) >= 11 is 0. The van der Waals surface area contributed by atoms with Crippen LogP contribution in [0.5, 0.6) is 0 Å². The van der Waals surface area contributed by atoms with Crippen LogP contribution in [-0.4, -0.2) is 25.9 Å². The molecule has 0 aliphatic rings. The highest BCUT2D eigenvalue weighted by atomic mass is 19.1. The molecule has 0 saturated heterocycles. The fourth-order valence-corrected chi connectivity index (χ4v) is 2.40. The lowest BCUT2D eigenvalue weighted by Gasteiger charge is -2.05. The number of nitrogens with one attached hydrogen (secondary N) is 1. The van der Waals surface area contributed by atoms with Crippen LogP contribution in [-0.2, 0) is 17.8 Å². The van der Waals surface area contributed by atoms with Gasteiger partial charge in [0.2, 0.25) is 5.91 Å². The van der Waals surface area contributed by atoms with Crippen molar-refractivity contribution < 1.29 is 9.18 Å². The fourth-order valence-electron chi connectivity index (χ4n) is 2.40. The zero-order valence-electron chi connectivity index (χ0n) is 13.8. The average Bonchev–Trinajstić information content (AvgIpc) is 3.11. The molecule has 128 valence electrons. The highest BCUT2D eigenvalue weighted by molar-refractivity contribution is 5.76. The van der Waals surface area contributed by atoms with Crippen molar-refractivity contribution in [3.63, 3.8) is 0 Å². The molecule has 1 aromatic carbocycles. The summed E-state index contributed by atoms with van der Waals surface area (Å²) in [4.78, 5) is 15.9. The molecule has 6 nitrogen and oxygen atoms in total. The van der Waals surface area contributed by atoms with E-state index < -0.39 is 0 Å². The molecule has 25 heavy (non-hydrogen) atoms. The number of hydrogen-bond acceptors (Lipinski definition) is 4. The molecule has 2 heterocycles. The van der Waals surface area contributed by atoms with Gasteiger partial charge < -0.3 is 5.32 Å². The van der Waals surface area contributed by atoms with Gasteiger partial charge in [-0.3, -0.25) is 9.78 Å². The molecule has 0 atom stereocenters. The third-order valence-corrected chi connectivity index (χ3v) is 3.80. The number of halogens is 1. The molecular weight excluding hydrogens is 321 g/mol. The molecule has 0 unspecified atom stereocenters. The Balaban J connectivity index is 1.49. The number of amides is 1. The molecule has 3 aromatic rings. The molecule has 1 N–H and O–H groups in total. The first-order chi connectivity index (χ1) is 12.1. The number of aromatic nitrogens is 4. The van der Waals surface area contributed by atoms with Crippen molar-refractivity contribution in [3.8, 4) is 5.69 Å². The molecule has 0 spiro atoms. The normalized spacial score (nSPS) is 10.6. The Morgan fingerprint density at radius 2 is 2.04 bits per heavy atom. The van der Waals surface area contributed by atoms with Gasteiger partial charge in [0.1, 0.15) is 11.5 Å². The van der Waals surface area contributed by atoms with E-state index >= 15 is 0 Å². The molecule has 0 radical (unpaired) electrons. The number of rotatable bonds is 6. The highest BCUT2D eigenvalue weighted by Crippen LogP contribution is 2.11. The zero-order chi connectivity index (χ0) is 17.6. The van der Waals surface area contributed by atoms with E-state index in [1.807, 2.05) is 12.1 Å². The lowest BCUT2D eigenvalue weighted by molar-refractivity contribution is -0.121. The number of aryl methyl sites for hydroxylation is 2. The van der Waals surface area contributed by atoms with Crippen molar-refractivity contribution in [1.29, 1.82) is 0 Å². The summed E-state index contributed by atoms with van der Waals surface area (Å²) in [6.45, 7) is 2.03. The van der Waals surface area contributed by atoms with Crippen molar-refractivity contribution in [2.24, 2.45) is 0 Å². The van der Waals surface area contributed by atoms with E-state index in [0.29, 0.717) is 30.6 Å². The maximum Gasteiger partial charge on any atom is 0.220 e. The molecule has 0 fully saturated rings. The van der Waals surface area contributed by atoms with Crippen molar-refractivity contribution >= 4 is 5.91 Å². The minimum Gasteiger partial charge on any atom is -0.350 e. The molecule has 7 heteroatoms. The third kappa shape index (κ3) is 4.47. The van der Waals surface area contributed by atoms with Gasteiger partial charge in [-0.2, -0.15) is 0 Å². The van der Waals surface area contributed by atoms with Crippen LogP contribution in [0.25, 0.3) is 5.69 Å². The summed E-state index contributed by atoms with van der Waals surface area (Å²) in [5, 5.41) is 10.9. The molecule has 0 aliphatic carbocycles. The Bertz CT molecular complexity index is 863. The Hall–Kier alpha value is -3.09. The topological polar surface area (TPSA) is 72.7 Å². The van der Waals surface area contributed by atoms with E-state index in [1.54, 1.807) is 42.3 Å². The second-order valence-corrected chi connectivity index (χ2v) is 5.72. The van der Waals surface area contributed by atoms with Crippen LogP contribution in [0.2, 0.25) is 0 Å². The van der Waals surface area contributed by atoms with Gasteiger partial charge in [-0.15, -0.1) is 5.10 Å². The molecule has 0 aliphatic heterocycles. The first-order valence-corrected chi connectivity index (χ1v) is 7.95. The monoisotopic (exact) mass is 339 g/mol. The molecular formula is C18H18FN5O. The van der Waals surface area contributed by atoms with E-state index in [2.05, 4.69) is 20.6 Å². The number of carbonyl (C=O) groups is 1. The van der Waals surface area contributed by atoms with Crippen LogP contribution in [0.3, 0.4) is 0 Å². The largest absolute Gasteiger partial charge is 0.350 e. The van der Waals surface area contributed by atoms with Gasteiger partial charge in [0.15, 0.2) is 0 Å². The van der Waals surface area contributed by atoms with Crippen LogP contribution in [0.1, 0.15) is 23.2 Å². The van der Waals surface area contributed by atoms with Gasteiger partial charge >= 0.3 is 0 Å². The molecule has 2 aromatic heterocycles. The lowest BCUT2D eigenvalue weighted by atomic mass is 10.1. The van der Waals surface area contributed by atoms with E-state index in [-0.39, 0.29) is 11.7 Å². The summed E-state index contributed by atoms with van der Waals surface area (Å²) in [6, 6.07) is 8.54. The lowest BCUT2D eigenvalue weighted by Crippen LogP contribution is -2.23. The minimum absolute atomic E-state index is 0.0829. The SMILES string of the molecule is Cc1cc(CCC(=O)NCc2cn(-c3ccncc3)nn2)ccc1F. The molecule has 0 saturated carbocycles. The predicted molar refractivity (Wildman–Crippen MR) is 90.5 cm³/mol. The number of pyridine rings is 1. The van der Waals surface area contributed by atoms with Gasteiger partial charge in [0.25, 0.3) is 0 Å². The average molecular weight is 339 g/mol. The second kappa shape index (κ2) is 7.65. The maximum absolute atomic E-state index is 13.2. The third-order valence-electron chi connectivity index (χ3n) is 3.80. The van der Waals surface area contributed by atoms with Gasteiger partial charge in [-0.05, 0) is 42.7 Å². The van der Waals surface area contributed by atoms with Crippen molar-refractivity contribution in [2.45, 2.75) is 26.3 Å². The zero-order valence-corrected chi connectivity index (χ0v) is 13.8. The van der Waals surface area contributed by atoms with Gasteiger partial charge in [0, 0.05) is 18.8 Å². The Kier molecular flexibility index (Phi) is 5.13. The van der Waals surface area contributed by atoms with Crippen LogP contribution >= 0.6 is 0 Å². The van der Waals surface area contributed by atoms with E-state index in [0.717, 1.165) is 11.3 Å². The Morgan fingerprint density at radius 3 is 2.80 bits per heavy atom. The van der Waals surface area contributed by atoms with Crippen molar-refractivity contribution in [3.05, 3.63) is 71.6 Å².